The smallest absolute Gasteiger partial charge is 0.248 e. The molecule has 0 fully saturated rings. The van der Waals surface area contributed by atoms with Crippen molar-refractivity contribution in [3.05, 3.63) is 78.5 Å². The molecule has 3 aromatic carbocycles. The summed E-state index contributed by atoms with van der Waals surface area (Å²) in [4.78, 5) is 25.2. The van der Waals surface area contributed by atoms with Crippen LogP contribution in [-0.2, 0) is 21.2 Å². The summed E-state index contributed by atoms with van der Waals surface area (Å²) in [5.41, 5.74) is 7.12. The molecule has 0 aliphatic rings. The third-order valence-electron chi connectivity index (χ3n) is 6.17. The number of carbonyl (C=O) groups is 2. The number of aromatic nitrogens is 1. The minimum Gasteiger partial charge on any atom is -0.319 e. The van der Waals surface area contributed by atoms with Gasteiger partial charge in [-0.1, -0.05) is 69.3 Å². The van der Waals surface area contributed by atoms with Crippen molar-refractivity contribution in [2.24, 2.45) is 11.1 Å². The van der Waals surface area contributed by atoms with Gasteiger partial charge in [0.25, 0.3) is 0 Å². The van der Waals surface area contributed by atoms with Gasteiger partial charge in [0, 0.05) is 11.6 Å². The van der Waals surface area contributed by atoms with Gasteiger partial charge in [-0.15, -0.1) is 0 Å². The van der Waals surface area contributed by atoms with Crippen LogP contribution in [0.5, 0.6) is 0 Å². The van der Waals surface area contributed by atoms with Crippen molar-refractivity contribution >= 4 is 43.9 Å². The van der Waals surface area contributed by atoms with Crippen LogP contribution in [0.25, 0.3) is 21.7 Å². The van der Waals surface area contributed by atoms with E-state index in [-0.39, 0.29) is 17.2 Å². The van der Waals surface area contributed by atoms with E-state index in [0.29, 0.717) is 17.4 Å². The molecule has 3 N–H and O–H groups in total. The second kappa shape index (κ2) is 9.37. The monoisotopic (exact) mass is 491 g/mol. The molecule has 0 saturated heterocycles. The van der Waals surface area contributed by atoms with Crippen LogP contribution in [0.2, 0.25) is 0 Å². The predicted molar refractivity (Wildman–Crippen MR) is 138 cm³/mol. The van der Waals surface area contributed by atoms with Crippen LogP contribution in [0.3, 0.4) is 0 Å². The average Bonchev–Trinajstić information content (AvgIpc) is 3.20. The number of para-hydroxylation sites is 1. The van der Waals surface area contributed by atoms with Crippen molar-refractivity contribution in [3.8, 4) is 0 Å². The van der Waals surface area contributed by atoms with Crippen molar-refractivity contribution in [1.82, 2.24) is 9.29 Å². The predicted octanol–water partition coefficient (Wildman–Crippen LogP) is 3.90. The van der Waals surface area contributed by atoms with Crippen LogP contribution in [0, 0.1) is 5.41 Å². The molecule has 182 valence electrons. The average molecular weight is 492 g/mol. The van der Waals surface area contributed by atoms with Crippen LogP contribution in [0.15, 0.2) is 77.8 Å². The maximum Gasteiger partial charge on any atom is 0.248 e. The Labute approximate surface area is 205 Å². The first-order valence-corrected chi connectivity index (χ1v) is 12.8. The highest BCUT2D eigenvalue weighted by molar-refractivity contribution is 7.89. The minimum atomic E-state index is -3.95. The lowest BCUT2D eigenvalue weighted by molar-refractivity contribution is -0.109. The molecule has 0 radical (unpaired) electrons. The SMILES string of the molecule is CC(C)(C)[C@H](N)C(=O)n1cc(C[C@@H](C=O)NS(=O)(=O)c2ccc3ccccc3c2)c2ccccc21. The molecular weight excluding hydrogens is 462 g/mol. The zero-order valence-electron chi connectivity index (χ0n) is 19.9. The molecule has 1 aromatic heterocycles. The fourth-order valence-electron chi connectivity index (χ4n) is 4.07. The molecule has 0 saturated carbocycles. The van der Waals surface area contributed by atoms with E-state index < -0.39 is 27.5 Å². The quantitative estimate of drug-likeness (QED) is 0.381. The summed E-state index contributed by atoms with van der Waals surface area (Å²) in [6, 6.07) is 17.8. The molecule has 8 heteroatoms. The topological polar surface area (TPSA) is 111 Å². The lowest BCUT2D eigenvalue weighted by Gasteiger charge is -2.26. The molecule has 0 aliphatic carbocycles. The highest BCUT2D eigenvalue weighted by Crippen LogP contribution is 2.26. The van der Waals surface area contributed by atoms with Crippen molar-refractivity contribution < 1.29 is 18.0 Å². The van der Waals surface area contributed by atoms with Crippen molar-refractivity contribution in [3.63, 3.8) is 0 Å². The van der Waals surface area contributed by atoms with Crippen LogP contribution < -0.4 is 10.5 Å². The molecule has 0 unspecified atom stereocenters. The van der Waals surface area contributed by atoms with E-state index in [4.69, 9.17) is 5.73 Å². The van der Waals surface area contributed by atoms with E-state index >= 15 is 0 Å². The number of nitrogens with zero attached hydrogens (tertiary/aromatic N) is 1. The summed E-state index contributed by atoms with van der Waals surface area (Å²) in [6.45, 7) is 5.68. The molecule has 0 aliphatic heterocycles. The Morgan fingerprint density at radius 2 is 1.69 bits per heavy atom. The molecule has 1 heterocycles. The molecule has 0 bridgehead atoms. The fourth-order valence-corrected chi connectivity index (χ4v) is 5.27. The summed E-state index contributed by atoms with van der Waals surface area (Å²) >= 11 is 0. The first-order chi connectivity index (χ1) is 16.5. The van der Waals surface area contributed by atoms with Gasteiger partial charge in [-0.25, -0.2) is 13.1 Å². The third-order valence-corrected chi connectivity index (χ3v) is 7.66. The zero-order chi connectivity index (χ0) is 25.4. The maximum absolute atomic E-state index is 13.2. The Morgan fingerprint density at radius 1 is 1.03 bits per heavy atom. The largest absolute Gasteiger partial charge is 0.319 e. The molecule has 7 nitrogen and oxygen atoms in total. The van der Waals surface area contributed by atoms with Crippen LogP contribution in [0.4, 0.5) is 0 Å². The standard InChI is InChI=1S/C27H29N3O4S/c1-27(2,3)25(28)26(32)30-16-20(23-10-6-7-11-24(23)30)14-21(17-31)29-35(33,34)22-13-12-18-8-4-5-9-19(18)15-22/h4-13,15-17,21,25,29H,14,28H2,1-3H3/t21-,25+/m0/s1. The Bertz CT molecular complexity index is 1520. The van der Waals surface area contributed by atoms with Gasteiger partial charge >= 0.3 is 0 Å². The van der Waals surface area contributed by atoms with Gasteiger partial charge in [-0.2, -0.15) is 0 Å². The van der Waals surface area contributed by atoms with Crippen LogP contribution in [-0.4, -0.2) is 37.3 Å². The summed E-state index contributed by atoms with van der Waals surface area (Å²) in [5, 5.41) is 2.47. The number of fused-ring (bicyclic) bond motifs is 2. The lowest BCUT2D eigenvalue weighted by atomic mass is 9.87. The first-order valence-electron chi connectivity index (χ1n) is 11.4. The second-order valence-electron chi connectivity index (χ2n) is 9.80. The maximum atomic E-state index is 13.2. The van der Waals surface area contributed by atoms with E-state index in [1.807, 2.05) is 63.2 Å². The molecule has 4 rings (SSSR count). The van der Waals surface area contributed by atoms with Gasteiger partial charge in [0.05, 0.1) is 22.5 Å². The van der Waals surface area contributed by atoms with Crippen molar-refractivity contribution in [1.29, 1.82) is 0 Å². The van der Waals surface area contributed by atoms with Crippen LogP contribution in [0.1, 0.15) is 31.1 Å². The Kier molecular flexibility index (Phi) is 6.64. The van der Waals surface area contributed by atoms with Gasteiger partial charge < -0.3 is 10.5 Å². The number of sulfonamides is 1. The van der Waals surface area contributed by atoms with E-state index in [9.17, 15) is 18.0 Å². The van der Waals surface area contributed by atoms with E-state index in [0.717, 1.165) is 16.2 Å². The van der Waals surface area contributed by atoms with Gasteiger partial charge in [-0.05, 0) is 46.4 Å². The summed E-state index contributed by atoms with van der Waals surface area (Å²) in [5.74, 6) is -0.264. The Hall–Kier alpha value is -3.33. The fraction of sp³-hybridized carbons (Fsp3) is 0.259. The number of rotatable bonds is 7. The van der Waals surface area contributed by atoms with Gasteiger partial charge in [0.15, 0.2) is 0 Å². The number of benzene rings is 3. The van der Waals surface area contributed by atoms with Crippen molar-refractivity contribution in [2.75, 3.05) is 0 Å². The summed E-state index contributed by atoms with van der Waals surface area (Å²) in [7, 11) is -3.95. The van der Waals surface area contributed by atoms with E-state index in [1.54, 1.807) is 24.4 Å². The summed E-state index contributed by atoms with van der Waals surface area (Å²) in [6.07, 6.45) is 2.31. The molecule has 35 heavy (non-hydrogen) atoms. The molecular formula is C27H29N3O4S. The van der Waals surface area contributed by atoms with E-state index in [1.165, 1.54) is 10.6 Å². The van der Waals surface area contributed by atoms with Gasteiger partial charge in [0.2, 0.25) is 15.9 Å². The minimum absolute atomic E-state index is 0.0804. The number of hydrogen-bond acceptors (Lipinski definition) is 5. The molecule has 0 spiro atoms. The van der Waals surface area contributed by atoms with Gasteiger partial charge in [0.1, 0.15) is 6.29 Å². The first kappa shape index (κ1) is 24.8. The third kappa shape index (κ3) is 5.05. The highest BCUT2D eigenvalue weighted by atomic mass is 32.2. The number of hydrogen-bond donors (Lipinski definition) is 2. The molecule has 4 aromatic rings. The number of aldehydes is 1. The lowest BCUT2D eigenvalue weighted by Crippen LogP contribution is -2.44. The Balaban J connectivity index is 1.64. The second-order valence-corrected chi connectivity index (χ2v) is 11.5. The van der Waals surface area contributed by atoms with E-state index in [2.05, 4.69) is 4.72 Å². The highest BCUT2D eigenvalue weighted by Gasteiger charge is 2.30. The number of nitrogens with one attached hydrogen (secondary N) is 1. The van der Waals surface area contributed by atoms with Gasteiger partial charge in [-0.3, -0.25) is 9.36 Å². The van der Waals surface area contributed by atoms with Crippen molar-refractivity contribution in [2.45, 2.75) is 44.2 Å². The normalized spacial score (nSPS) is 14.2. The number of carbonyl (C=O) groups excluding carboxylic acids is 2. The Morgan fingerprint density at radius 3 is 2.37 bits per heavy atom. The van der Waals surface area contributed by atoms with Crippen LogP contribution >= 0.6 is 0 Å². The molecule has 0 amide bonds. The zero-order valence-corrected chi connectivity index (χ0v) is 20.7. The molecule has 2 atom stereocenters. The summed E-state index contributed by atoms with van der Waals surface area (Å²) < 4.78 is 30.1. The number of nitrogens with two attached hydrogens (primary N) is 1.